The van der Waals surface area contributed by atoms with Gasteiger partial charge < -0.3 is 14.7 Å². The van der Waals surface area contributed by atoms with E-state index in [4.69, 9.17) is 4.74 Å². The second kappa shape index (κ2) is 6.09. The number of methoxy groups -OCH3 is 1. The zero-order valence-electron chi connectivity index (χ0n) is 13.5. The molecule has 0 amide bonds. The fourth-order valence-electron chi connectivity index (χ4n) is 3.47. The molecule has 0 saturated carbocycles. The average Bonchev–Trinajstić information content (AvgIpc) is 3.03. The van der Waals surface area contributed by atoms with Crippen LogP contribution in [0.25, 0.3) is 10.9 Å². The molecule has 0 unspecified atom stereocenters. The molecule has 0 aliphatic carbocycles. The maximum absolute atomic E-state index is 10.3. The van der Waals surface area contributed by atoms with Crippen molar-refractivity contribution in [3.63, 3.8) is 0 Å². The van der Waals surface area contributed by atoms with Crippen molar-refractivity contribution in [2.45, 2.75) is 18.6 Å². The summed E-state index contributed by atoms with van der Waals surface area (Å²) in [6, 6.07) is 12.0. The third kappa shape index (κ3) is 2.57. The molecule has 1 aliphatic heterocycles. The monoisotopic (exact) mass is 321 g/mol. The van der Waals surface area contributed by atoms with Crippen LogP contribution in [-0.4, -0.2) is 34.8 Å². The van der Waals surface area contributed by atoms with Crippen molar-refractivity contribution in [2.24, 2.45) is 0 Å². The van der Waals surface area contributed by atoms with Gasteiger partial charge in [-0.3, -0.25) is 9.97 Å². The molecule has 122 valence electrons. The van der Waals surface area contributed by atoms with Gasteiger partial charge in [-0.2, -0.15) is 0 Å². The molecule has 3 aromatic rings. The van der Waals surface area contributed by atoms with E-state index in [1.54, 1.807) is 13.3 Å². The van der Waals surface area contributed by atoms with Gasteiger partial charge in [0.25, 0.3) is 0 Å². The van der Waals surface area contributed by atoms with E-state index >= 15 is 0 Å². The zero-order valence-corrected chi connectivity index (χ0v) is 13.5. The molecule has 0 spiro atoms. The van der Waals surface area contributed by atoms with Crippen LogP contribution in [-0.2, 0) is 0 Å². The SMILES string of the molecule is COc1cccc([C@H]2C[C@H](O)CN2c2ccnc3ccncc23)c1. The topological polar surface area (TPSA) is 58.5 Å². The third-order valence-corrected chi connectivity index (χ3v) is 4.59. The molecule has 5 nitrogen and oxygen atoms in total. The predicted octanol–water partition coefficient (Wildman–Crippen LogP) is 2.95. The highest BCUT2D eigenvalue weighted by molar-refractivity contribution is 5.91. The number of hydrogen-bond donors (Lipinski definition) is 1. The van der Waals surface area contributed by atoms with Crippen LogP contribution in [0.3, 0.4) is 0 Å². The lowest BCUT2D eigenvalue weighted by molar-refractivity contribution is 0.194. The summed E-state index contributed by atoms with van der Waals surface area (Å²) in [7, 11) is 1.67. The van der Waals surface area contributed by atoms with Gasteiger partial charge in [0, 0.05) is 36.2 Å². The number of ether oxygens (including phenoxy) is 1. The number of fused-ring (bicyclic) bond motifs is 1. The Labute approximate surface area is 140 Å². The average molecular weight is 321 g/mol. The molecule has 1 aromatic carbocycles. The number of benzene rings is 1. The fraction of sp³-hybridized carbons (Fsp3) is 0.263. The molecule has 24 heavy (non-hydrogen) atoms. The second-order valence-corrected chi connectivity index (χ2v) is 6.06. The van der Waals surface area contributed by atoms with Gasteiger partial charge in [-0.05, 0) is 36.2 Å². The molecule has 1 N–H and O–H groups in total. The van der Waals surface area contributed by atoms with Gasteiger partial charge in [0.2, 0.25) is 0 Å². The van der Waals surface area contributed by atoms with Crippen LogP contribution in [0.5, 0.6) is 5.75 Å². The summed E-state index contributed by atoms with van der Waals surface area (Å²) in [5.41, 5.74) is 3.10. The molecule has 0 bridgehead atoms. The summed E-state index contributed by atoms with van der Waals surface area (Å²) in [4.78, 5) is 10.9. The minimum absolute atomic E-state index is 0.0981. The first-order valence-corrected chi connectivity index (χ1v) is 8.03. The largest absolute Gasteiger partial charge is 0.497 e. The molecule has 1 fully saturated rings. The zero-order chi connectivity index (χ0) is 16.5. The maximum Gasteiger partial charge on any atom is 0.119 e. The Morgan fingerprint density at radius 1 is 1.21 bits per heavy atom. The lowest BCUT2D eigenvalue weighted by Gasteiger charge is -2.28. The number of β-amino-alcohol motifs (C(OH)–C–C–N with tert-alkyl or cyclic N) is 1. The summed E-state index contributed by atoms with van der Waals surface area (Å²) < 4.78 is 5.35. The maximum atomic E-state index is 10.3. The van der Waals surface area contributed by atoms with E-state index in [1.165, 1.54) is 0 Å². The highest BCUT2D eigenvalue weighted by Crippen LogP contribution is 2.39. The number of aliphatic hydroxyl groups is 1. The van der Waals surface area contributed by atoms with Crippen molar-refractivity contribution >= 4 is 16.6 Å². The van der Waals surface area contributed by atoms with Crippen molar-refractivity contribution < 1.29 is 9.84 Å². The molecule has 5 heteroatoms. The third-order valence-electron chi connectivity index (χ3n) is 4.59. The predicted molar refractivity (Wildman–Crippen MR) is 93.2 cm³/mol. The lowest BCUT2D eigenvalue weighted by Crippen LogP contribution is -2.24. The summed E-state index contributed by atoms with van der Waals surface area (Å²) in [5, 5.41) is 11.3. The Morgan fingerprint density at radius 2 is 2.12 bits per heavy atom. The number of aromatic nitrogens is 2. The van der Waals surface area contributed by atoms with Crippen molar-refractivity contribution in [1.29, 1.82) is 0 Å². The van der Waals surface area contributed by atoms with Crippen LogP contribution >= 0.6 is 0 Å². The van der Waals surface area contributed by atoms with Crippen LogP contribution < -0.4 is 9.64 Å². The molecule has 1 saturated heterocycles. The molecular formula is C19H19N3O2. The number of nitrogens with zero attached hydrogens (tertiary/aromatic N) is 3. The van der Waals surface area contributed by atoms with E-state index < -0.39 is 0 Å². The van der Waals surface area contributed by atoms with Crippen molar-refractivity contribution in [1.82, 2.24) is 9.97 Å². The Kier molecular flexibility index (Phi) is 3.78. The first-order chi connectivity index (χ1) is 11.8. The Morgan fingerprint density at radius 3 is 3.00 bits per heavy atom. The molecule has 3 heterocycles. The van der Waals surface area contributed by atoms with Gasteiger partial charge in [0.05, 0.1) is 24.8 Å². The Bertz CT molecular complexity index is 863. The van der Waals surface area contributed by atoms with Gasteiger partial charge in [0.1, 0.15) is 5.75 Å². The van der Waals surface area contributed by atoms with Crippen LogP contribution in [0, 0.1) is 0 Å². The molecule has 4 rings (SSSR count). The number of rotatable bonds is 3. The van der Waals surface area contributed by atoms with Crippen LogP contribution in [0.15, 0.2) is 55.0 Å². The molecule has 2 atom stereocenters. The van der Waals surface area contributed by atoms with E-state index in [0.29, 0.717) is 13.0 Å². The lowest BCUT2D eigenvalue weighted by atomic mass is 10.0. The van der Waals surface area contributed by atoms with Crippen molar-refractivity contribution in [2.75, 3.05) is 18.6 Å². The quantitative estimate of drug-likeness (QED) is 0.804. The molecular weight excluding hydrogens is 302 g/mol. The standard InChI is InChI=1S/C19H19N3O2/c1-24-15-4-2-3-13(9-15)19-10-14(23)12-22(19)18-6-8-21-17-5-7-20-11-16(17)18/h2-9,11,14,19,23H,10,12H2,1H3/t14-,19+/m0/s1. The molecule has 0 radical (unpaired) electrons. The first-order valence-electron chi connectivity index (χ1n) is 8.03. The van der Waals surface area contributed by atoms with Crippen LogP contribution in [0.1, 0.15) is 18.0 Å². The van der Waals surface area contributed by atoms with Gasteiger partial charge >= 0.3 is 0 Å². The van der Waals surface area contributed by atoms with E-state index in [9.17, 15) is 5.11 Å². The number of anilines is 1. The Balaban J connectivity index is 1.80. The number of aliphatic hydroxyl groups excluding tert-OH is 1. The molecule has 2 aromatic heterocycles. The van der Waals surface area contributed by atoms with Gasteiger partial charge in [0.15, 0.2) is 0 Å². The second-order valence-electron chi connectivity index (χ2n) is 6.06. The normalized spacial score (nSPS) is 20.5. The van der Waals surface area contributed by atoms with Crippen molar-refractivity contribution in [3.05, 3.63) is 60.6 Å². The van der Waals surface area contributed by atoms with Crippen molar-refractivity contribution in [3.8, 4) is 5.75 Å². The van der Waals surface area contributed by atoms with E-state index in [-0.39, 0.29) is 12.1 Å². The summed E-state index contributed by atoms with van der Waals surface area (Å²) in [6.45, 7) is 0.593. The van der Waals surface area contributed by atoms with E-state index in [1.807, 2.05) is 42.7 Å². The van der Waals surface area contributed by atoms with Gasteiger partial charge in [-0.15, -0.1) is 0 Å². The van der Waals surface area contributed by atoms with Gasteiger partial charge in [-0.1, -0.05) is 12.1 Å². The minimum Gasteiger partial charge on any atom is -0.497 e. The minimum atomic E-state index is -0.360. The summed E-state index contributed by atoms with van der Waals surface area (Å²) in [5.74, 6) is 0.829. The highest BCUT2D eigenvalue weighted by Gasteiger charge is 2.33. The number of hydrogen-bond acceptors (Lipinski definition) is 5. The highest BCUT2D eigenvalue weighted by atomic mass is 16.5. The smallest absolute Gasteiger partial charge is 0.119 e. The fourth-order valence-corrected chi connectivity index (χ4v) is 3.47. The first kappa shape index (κ1) is 14.9. The summed E-state index contributed by atoms with van der Waals surface area (Å²) in [6.07, 6.45) is 5.73. The van der Waals surface area contributed by atoms with Gasteiger partial charge in [-0.25, -0.2) is 0 Å². The van der Waals surface area contributed by atoms with Crippen LogP contribution in [0.2, 0.25) is 0 Å². The van der Waals surface area contributed by atoms with Crippen LogP contribution in [0.4, 0.5) is 5.69 Å². The summed E-state index contributed by atoms with van der Waals surface area (Å²) >= 11 is 0. The molecule has 1 aliphatic rings. The number of pyridine rings is 2. The van der Waals surface area contributed by atoms with E-state index in [2.05, 4.69) is 20.9 Å². The van der Waals surface area contributed by atoms with E-state index in [0.717, 1.165) is 27.9 Å². The Hall–Kier alpha value is -2.66.